The van der Waals surface area contributed by atoms with Crippen LogP contribution in [0.1, 0.15) is 120 Å². The Kier molecular flexibility index (Phi) is 17.6. The summed E-state index contributed by atoms with van der Waals surface area (Å²) in [7, 11) is -6.67. The van der Waals surface area contributed by atoms with Crippen LogP contribution in [0.25, 0.3) is 66.9 Å². The van der Waals surface area contributed by atoms with Crippen molar-refractivity contribution in [1.82, 2.24) is 28.7 Å². The third kappa shape index (κ3) is 11.9. The molecule has 0 saturated heterocycles. The smallest absolute Gasteiger partial charge is 0.258 e. The number of pyridine rings is 6. The maximum Gasteiger partial charge on any atom is 0.258 e. The number of aromatic nitrogens is 6. The molecule has 102 heavy (non-hydrogen) atoms. The number of aryl methyl sites for hydroxylation is 3. The molecule has 532 valence electrons. The average molecular weight is 1430 g/mol. The summed E-state index contributed by atoms with van der Waals surface area (Å²) < 4.78 is 33.2. The van der Waals surface area contributed by atoms with Crippen molar-refractivity contribution in [3.8, 4) is 51.4 Å². The van der Waals surface area contributed by atoms with E-state index in [1.165, 1.54) is 5.56 Å². The molecule has 0 bridgehead atoms. The van der Waals surface area contributed by atoms with Crippen molar-refractivity contribution in [2.75, 3.05) is 6.79 Å². The molecule has 0 saturated carbocycles. The minimum absolute atomic E-state index is 0.0816. The molecule has 24 heteroatoms. The third-order valence-electron chi connectivity index (χ3n) is 21.7. The van der Waals surface area contributed by atoms with Crippen LogP contribution in [-0.2, 0) is 89.7 Å². The van der Waals surface area contributed by atoms with Crippen LogP contribution in [-0.4, -0.2) is 95.2 Å². The summed E-state index contributed by atoms with van der Waals surface area (Å²) in [5, 5.41) is 47.1. The lowest BCUT2D eigenvalue weighted by atomic mass is 9.84. The molecule has 0 aliphatic carbocycles. The molecule has 7 aliphatic heterocycles. The first kappa shape index (κ1) is 70.2. The zero-order chi connectivity index (χ0) is 72.7. The lowest BCUT2D eigenvalue weighted by molar-refractivity contribution is -0.0173. The lowest BCUT2D eigenvalue weighted by Gasteiger charge is -2.35. The molecule has 3 aromatic carbocycles. The zero-order valence-corrected chi connectivity index (χ0v) is 62.4. The highest BCUT2D eigenvalue weighted by molar-refractivity contribution is 6.70. The predicted molar refractivity (Wildman–Crippen MR) is 398 cm³/mol. The van der Waals surface area contributed by atoms with Crippen LogP contribution in [0.4, 0.5) is 0 Å². The van der Waals surface area contributed by atoms with Gasteiger partial charge in [0.1, 0.15) is 59.7 Å². The maximum absolute atomic E-state index is 13.6. The molecular formula is C78H88N6O15Si3. The molecule has 6 aromatic heterocycles. The summed E-state index contributed by atoms with van der Waals surface area (Å²) in [6.45, 7) is 30.5. The molecule has 0 fully saturated rings. The van der Waals surface area contributed by atoms with Gasteiger partial charge in [0.15, 0.2) is 36.5 Å². The van der Waals surface area contributed by atoms with Gasteiger partial charge in [-0.05, 0) is 174 Å². The van der Waals surface area contributed by atoms with Crippen molar-refractivity contribution < 1.29 is 58.5 Å². The van der Waals surface area contributed by atoms with Crippen LogP contribution in [0.5, 0.6) is 17.2 Å². The Balaban J connectivity index is 0.000000130. The Morgan fingerprint density at radius 1 is 0.451 bits per heavy atom. The number of benzene rings is 3. The number of fused-ring (bicyclic) bond motifs is 16. The number of nitrogens with zero attached hydrogens (tertiary/aromatic N) is 6. The van der Waals surface area contributed by atoms with Crippen LogP contribution < -0.4 is 26.2 Å². The second kappa shape index (κ2) is 25.5. The normalized spacial score (nSPS) is 19.4. The quantitative estimate of drug-likeness (QED) is 0.0498. The summed E-state index contributed by atoms with van der Waals surface area (Å²) in [4.78, 5) is 86.8. The molecule has 0 spiro atoms. The van der Waals surface area contributed by atoms with Gasteiger partial charge in [-0.2, -0.15) is 0 Å². The van der Waals surface area contributed by atoms with Crippen molar-refractivity contribution in [3.63, 3.8) is 0 Å². The number of phenols is 1. The summed E-state index contributed by atoms with van der Waals surface area (Å²) in [5.74, 6) is 2.27. The second-order valence-electron chi connectivity index (χ2n) is 30.1. The average Bonchev–Trinajstić information content (AvgIpc) is 1.35. The van der Waals surface area contributed by atoms with Gasteiger partial charge in [0.25, 0.3) is 16.7 Å². The van der Waals surface area contributed by atoms with Crippen LogP contribution in [0.2, 0.25) is 57.4 Å². The summed E-state index contributed by atoms with van der Waals surface area (Å²) >= 11 is 0. The fraction of sp³-hybridized carbons (Fsp3) is 0.385. The van der Waals surface area contributed by atoms with E-state index in [1.807, 2.05) is 109 Å². The van der Waals surface area contributed by atoms with Gasteiger partial charge in [-0.3, -0.25) is 14.4 Å². The predicted octanol–water partition coefficient (Wildman–Crippen LogP) is 11.6. The number of aromatic hydroxyl groups is 1. The van der Waals surface area contributed by atoms with Crippen LogP contribution in [0, 0.1) is 0 Å². The molecule has 16 rings (SSSR count). The van der Waals surface area contributed by atoms with E-state index in [-0.39, 0.29) is 66.3 Å². The third-order valence-corrected chi connectivity index (χ3v) is 26.3. The molecule has 0 radical (unpaired) electrons. The first-order chi connectivity index (χ1) is 48.3. The van der Waals surface area contributed by atoms with Gasteiger partial charge in [-0.15, -0.1) is 0 Å². The van der Waals surface area contributed by atoms with Gasteiger partial charge in [0.2, 0.25) is 6.79 Å². The molecule has 9 aromatic rings. The molecule has 0 amide bonds. The van der Waals surface area contributed by atoms with Crippen molar-refractivity contribution in [2.45, 2.75) is 186 Å². The van der Waals surface area contributed by atoms with Gasteiger partial charge in [-0.25, -0.2) is 15.0 Å². The van der Waals surface area contributed by atoms with Crippen molar-refractivity contribution in [2.24, 2.45) is 0 Å². The lowest BCUT2D eigenvalue weighted by Crippen LogP contribution is -2.38. The summed E-state index contributed by atoms with van der Waals surface area (Å²) in [6, 6.07) is 24.9. The fourth-order valence-corrected chi connectivity index (χ4v) is 18.8. The van der Waals surface area contributed by atoms with E-state index in [4.69, 9.17) is 38.6 Å². The Labute approximate surface area is 593 Å². The Morgan fingerprint density at radius 2 is 0.824 bits per heavy atom. The van der Waals surface area contributed by atoms with Crippen molar-refractivity contribution in [1.29, 1.82) is 0 Å². The monoisotopic (exact) mass is 1430 g/mol. The molecule has 3 atom stereocenters. The first-order valence-electron chi connectivity index (χ1n) is 35.2. The number of ether oxygens (including phenoxy) is 5. The highest BCUT2D eigenvalue weighted by atomic mass is 28.4. The highest BCUT2D eigenvalue weighted by Crippen LogP contribution is 2.49. The zero-order valence-electron chi connectivity index (χ0n) is 59.4. The second-order valence-corrected chi connectivity index (χ2v) is 42.4. The van der Waals surface area contributed by atoms with E-state index in [1.54, 1.807) is 31.9 Å². The maximum atomic E-state index is 13.6. The van der Waals surface area contributed by atoms with Gasteiger partial charge in [0, 0.05) is 55.6 Å². The molecular weight excluding hydrogens is 1350 g/mol. The van der Waals surface area contributed by atoms with Crippen LogP contribution in [0.3, 0.4) is 0 Å². The molecule has 7 N–H and O–H groups in total. The largest absolute Gasteiger partial charge is 0.508 e. The first-order valence-corrected chi connectivity index (χ1v) is 44.7. The van der Waals surface area contributed by atoms with Gasteiger partial charge in [-0.1, -0.05) is 58.7 Å². The van der Waals surface area contributed by atoms with E-state index >= 15 is 0 Å². The van der Waals surface area contributed by atoms with E-state index in [0.717, 1.165) is 115 Å². The fourth-order valence-electron chi connectivity index (χ4n) is 15.8. The number of phenolic OH excluding ortho intramolecular Hbond substituents is 1. The highest BCUT2D eigenvalue weighted by Gasteiger charge is 2.45. The van der Waals surface area contributed by atoms with Crippen molar-refractivity contribution >= 4 is 57.7 Å². The molecule has 21 nitrogen and oxygen atoms in total. The Morgan fingerprint density at radius 3 is 1.25 bits per heavy atom. The number of aliphatic hydroxyl groups is 3. The SMILES string of the molecule is C=C1OCc2c(cc3n(c2=O)Cc2c-3nc3cc4c(cc3c2CC[Si](C)(C)O)OCO4)[C@@]1(O)CC.C=C1OCc2c(cc3n(c2=O)Cc2c-3nc3ccc(O)cc3c2CCC[Si](C)(C)O)[C@@]1(O)CC.C=C1OCc2c(cc3n(c2=O)Cc2c-3nc3ccccc3c2CCC[Si](C)(C)O)[C@@]1(O)CC. The van der Waals surface area contributed by atoms with E-state index in [2.05, 4.69) is 25.8 Å². The topological polar surface area (TPSA) is 292 Å². The summed E-state index contributed by atoms with van der Waals surface area (Å²) in [6.07, 6.45) is 4.94. The number of hydrogen-bond acceptors (Lipinski definition) is 18. The van der Waals surface area contributed by atoms with E-state index in [0.29, 0.717) is 114 Å². The summed E-state index contributed by atoms with van der Waals surface area (Å²) in [5.41, 5.74) is 11.3. The number of hydrogen-bond donors (Lipinski definition) is 7. The Hall–Kier alpha value is -8.83. The molecule has 7 aliphatic rings. The molecule has 0 unspecified atom stereocenters. The minimum atomic E-state index is -2.33. The van der Waals surface area contributed by atoms with Crippen LogP contribution in [0.15, 0.2) is 124 Å². The number of rotatable bonds is 14. The van der Waals surface area contributed by atoms with Gasteiger partial charge >= 0.3 is 0 Å². The Bertz CT molecular complexity index is 5280. The van der Waals surface area contributed by atoms with Crippen molar-refractivity contribution in [3.05, 3.63) is 208 Å². The van der Waals surface area contributed by atoms with Gasteiger partial charge < -0.3 is 72.2 Å². The van der Waals surface area contributed by atoms with E-state index < -0.39 is 41.8 Å². The van der Waals surface area contributed by atoms with Gasteiger partial charge in [0.05, 0.1) is 87.0 Å². The minimum Gasteiger partial charge on any atom is -0.508 e. The molecule has 13 heterocycles. The van der Waals surface area contributed by atoms with E-state index in [9.17, 15) is 49.2 Å². The number of para-hydroxylation sites is 1. The van der Waals surface area contributed by atoms with Crippen LogP contribution >= 0.6 is 0 Å². The standard InChI is InChI=1S/C26H28N2O6Si.C26H30N2O5Si.C26H30N2O4Si/c1-5-26(30)14(2)32-12-18-19(26)9-21-24-17(11-28(21)25(18)29)15(6-7-35(3,4)31)16-8-22-23(34-13-33-22)10-20(16)27-24;1-5-26(31)15(2)33-14-20-21(26)12-23-24-19(13-28(23)25(20)30)17(7-6-10-34(3,4)32)18-11-16(29)8-9-22(18)27-24;1-5-26(30)16(2)32-15-20-21(26)13-23-24-19(14-28(23)25(20)29)17(10-8-12-33(3,4)31)18-9-6-7-11-22(18)27-24/h8-10,30-31H,2,5-7,11-13H2,1,3-4H3;8-9,11-12,29,31-32H,2,5-7,10,13-14H2,1,3-4H3;6-7,9,11,13,30-31H,2,5,8,10,12,14-15H2,1,3-4H3/t3*26-/m111/s1.